The first kappa shape index (κ1) is 12.8. The maximum absolute atomic E-state index is 12.3. The Labute approximate surface area is 106 Å². The molecular weight excluding hydrogens is 234 g/mol. The van der Waals surface area contributed by atoms with Crippen LogP contribution in [0.4, 0.5) is 5.95 Å². The summed E-state index contributed by atoms with van der Waals surface area (Å²) in [5.74, 6) is 0.696. The molecule has 0 saturated heterocycles. The van der Waals surface area contributed by atoms with E-state index in [1.54, 1.807) is 12.0 Å². The van der Waals surface area contributed by atoms with Crippen LogP contribution in [0.25, 0.3) is 0 Å². The topological polar surface area (TPSA) is 97.1 Å². The first-order chi connectivity index (χ1) is 8.63. The number of aromatic amines is 1. The predicted molar refractivity (Wildman–Crippen MR) is 65.9 cm³/mol. The fourth-order valence-electron chi connectivity index (χ4n) is 2.02. The van der Waals surface area contributed by atoms with Crippen LogP contribution in [0.1, 0.15) is 30.4 Å². The number of H-pyrrole nitrogens is 1. The van der Waals surface area contributed by atoms with Gasteiger partial charge in [0.05, 0.1) is 6.61 Å². The van der Waals surface area contributed by atoms with Crippen LogP contribution in [0, 0.1) is 5.92 Å². The first-order valence-electron chi connectivity index (χ1n) is 6.11. The Morgan fingerprint density at radius 3 is 2.89 bits per heavy atom. The number of nitrogens with zero attached hydrogens (tertiary/aromatic N) is 3. The molecule has 0 bridgehead atoms. The van der Waals surface area contributed by atoms with Crippen molar-refractivity contribution in [2.24, 2.45) is 5.92 Å². The fourth-order valence-corrected chi connectivity index (χ4v) is 2.02. The number of hydrogen-bond acceptors (Lipinski definition) is 5. The van der Waals surface area contributed by atoms with E-state index in [9.17, 15) is 4.79 Å². The van der Waals surface area contributed by atoms with Crippen molar-refractivity contribution in [2.75, 3.05) is 26.0 Å². The van der Waals surface area contributed by atoms with Crippen LogP contribution in [-0.2, 0) is 4.74 Å². The summed E-state index contributed by atoms with van der Waals surface area (Å²) in [4.78, 5) is 18.0. The minimum absolute atomic E-state index is 0.0871. The fraction of sp³-hybridized carbons (Fsp3) is 0.727. The molecule has 3 N–H and O–H groups in total. The number of aromatic nitrogens is 3. The molecule has 1 saturated carbocycles. The van der Waals surface area contributed by atoms with Crippen LogP contribution in [0.2, 0.25) is 0 Å². The molecule has 1 fully saturated rings. The molecular formula is C11H19N5O2. The van der Waals surface area contributed by atoms with Crippen molar-refractivity contribution in [1.29, 1.82) is 0 Å². The predicted octanol–water partition coefficient (Wildman–Crippen LogP) is 0.274. The van der Waals surface area contributed by atoms with Crippen molar-refractivity contribution >= 4 is 11.9 Å². The molecule has 1 heterocycles. The SMILES string of the molecule is COCCN(C(=O)c1nc(N)n[nH]1)C(C)C1CC1. The molecule has 1 unspecified atom stereocenters. The monoisotopic (exact) mass is 253 g/mol. The smallest absolute Gasteiger partial charge is 0.291 e. The van der Waals surface area contributed by atoms with E-state index in [0.717, 1.165) is 0 Å². The lowest BCUT2D eigenvalue weighted by molar-refractivity contribution is 0.0583. The van der Waals surface area contributed by atoms with Gasteiger partial charge in [-0.25, -0.2) is 0 Å². The highest BCUT2D eigenvalue weighted by atomic mass is 16.5. The third-order valence-corrected chi connectivity index (χ3v) is 3.30. The zero-order valence-electron chi connectivity index (χ0n) is 10.7. The van der Waals surface area contributed by atoms with Gasteiger partial charge in [-0.05, 0) is 25.7 Å². The zero-order chi connectivity index (χ0) is 13.1. The van der Waals surface area contributed by atoms with Crippen LogP contribution < -0.4 is 5.73 Å². The number of carbonyl (C=O) groups excluding carboxylic acids is 1. The second-order valence-electron chi connectivity index (χ2n) is 4.61. The number of anilines is 1. The van der Waals surface area contributed by atoms with Gasteiger partial charge in [-0.3, -0.25) is 9.89 Å². The molecule has 2 rings (SSSR count). The number of amides is 1. The number of methoxy groups -OCH3 is 1. The molecule has 0 radical (unpaired) electrons. The highest BCUT2D eigenvalue weighted by Crippen LogP contribution is 2.35. The maximum Gasteiger partial charge on any atom is 0.291 e. The molecule has 7 nitrogen and oxygen atoms in total. The number of ether oxygens (including phenoxy) is 1. The van der Waals surface area contributed by atoms with Crippen molar-refractivity contribution in [1.82, 2.24) is 20.1 Å². The van der Waals surface area contributed by atoms with Gasteiger partial charge in [0, 0.05) is 19.7 Å². The lowest BCUT2D eigenvalue weighted by Crippen LogP contribution is -2.42. The minimum atomic E-state index is -0.171. The van der Waals surface area contributed by atoms with E-state index in [-0.39, 0.29) is 23.7 Å². The Bertz CT molecular complexity index is 415. The third-order valence-electron chi connectivity index (χ3n) is 3.30. The Balaban J connectivity index is 2.09. The van der Waals surface area contributed by atoms with E-state index in [4.69, 9.17) is 10.5 Å². The van der Waals surface area contributed by atoms with Crippen LogP contribution in [0.15, 0.2) is 0 Å². The summed E-state index contributed by atoms with van der Waals surface area (Å²) in [6, 6.07) is 0.193. The van der Waals surface area contributed by atoms with Gasteiger partial charge in [0.2, 0.25) is 11.8 Å². The minimum Gasteiger partial charge on any atom is -0.383 e. The van der Waals surface area contributed by atoms with Gasteiger partial charge in [-0.15, -0.1) is 5.10 Å². The van der Waals surface area contributed by atoms with E-state index in [0.29, 0.717) is 19.1 Å². The van der Waals surface area contributed by atoms with E-state index in [1.165, 1.54) is 12.8 Å². The van der Waals surface area contributed by atoms with Crippen LogP contribution in [-0.4, -0.2) is 52.3 Å². The Morgan fingerprint density at radius 1 is 1.67 bits per heavy atom. The normalized spacial score (nSPS) is 16.6. The molecule has 1 atom stereocenters. The number of rotatable bonds is 6. The molecule has 0 aromatic carbocycles. The van der Waals surface area contributed by atoms with E-state index >= 15 is 0 Å². The van der Waals surface area contributed by atoms with Gasteiger partial charge >= 0.3 is 0 Å². The van der Waals surface area contributed by atoms with Gasteiger partial charge in [-0.1, -0.05) is 0 Å². The summed E-state index contributed by atoms with van der Waals surface area (Å²) >= 11 is 0. The van der Waals surface area contributed by atoms with Gasteiger partial charge in [0.25, 0.3) is 5.91 Å². The van der Waals surface area contributed by atoms with Gasteiger partial charge in [-0.2, -0.15) is 4.98 Å². The molecule has 0 spiro atoms. The second-order valence-corrected chi connectivity index (χ2v) is 4.61. The van der Waals surface area contributed by atoms with E-state index in [2.05, 4.69) is 22.1 Å². The summed E-state index contributed by atoms with van der Waals surface area (Å²) in [7, 11) is 1.62. The van der Waals surface area contributed by atoms with Crippen molar-refractivity contribution in [2.45, 2.75) is 25.8 Å². The number of nitrogen functional groups attached to an aromatic ring is 1. The average Bonchev–Trinajstić information content (AvgIpc) is 3.11. The molecule has 100 valence electrons. The highest BCUT2D eigenvalue weighted by Gasteiger charge is 2.35. The average molecular weight is 253 g/mol. The molecule has 1 aromatic rings. The lowest BCUT2D eigenvalue weighted by Gasteiger charge is -2.28. The van der Waals surface area contributed by atoms with E-state index in [1.807, 2.05) is 0 Å². The molecule has 1 aliphatic rings. The summed E-state index contributed by atoms with van der Waals surface area (Å²) < 4.78 is 5.05. The summed E-state index contributed by atoms with van der Waals surface area (Å²) in [6.07, 6.45) is 2.35. The summed E-state index contributed by atoms with van der Waals surface area (Å²) in [6.45, 7) is 3.12. The molecule has 18 heavy (non-hydrogen) atoms. The Hall–Kier alpha value is -1.63. The lowest BCUT2D eigenvalue weighted by atomic mass is 10.2. The number of nitrogens with two attached hydrogens (primary N) is 1. The van der Waals surface area contributed by atoms with E-state index < -0.39 is 0 Å². The van der Waals surface area contributed by atoms with Crippen molar-refractivity contribution in [3.05, 3.63) is 5.82 Å². The highest BCUT2D eigenvalue weighted by molar-refractivity contribution is 5.91. The standard InChI is InChI=1S/C11H19N5O2/c1-7(8-3-4-8)16(5-6-18-2)10(17)9-13-11(12)15-14-9/h7-8H,3-6H2,1-2H3,(H3,12,13,14,15). The first-order valence-corrected chi connectivity index (χ1v) is 6.11. The molecule has 1 amide bonds. The van der Waals surface area contributed by atoms with Crippen LogP contribution in [0.5, 0.6) is 0 Å². The summed E-state index contributed by atoms with van der Waals surface area (Å²) in [5, 5.41) is 6.24. The van der Waals surface area contributed by atoms with Crippen molar-refractivity contribution in [3.8, 4) is 0 Å². The molecule has 1 aromatic heterocycles. The number of nitrogens with one attached hydrogen (secondary N) is 1. The Kier molecular flexibility index (Phi) is 3.81. The van der Waals surface area contributed by atoms with Crippen LogP contribution in [0.3, 0.4) is 0 Å². The second kappa shape index (κ2) is 5.34. The molecule has 1 aliphatic carbocycles. The van der Waals surface area contributed by atoms with Gasteiger partial charge in [0.15, 0.2) is 0 Å². The third kappa shape index (κ3) is 2.79. The summed E-state index contributed by atoms with van der Waals surface area (Å²) in [5.41, 5.74) is 5.42. The molecule has 0 aliphatic heterocycles. The Morgan fingerprint density at radius 2 is 2.39 bits per heavy atom. The van der Waals surface area contributed by atoms with Gasteiger partial charge < -0.3 is 15.4 Å². The zero-order valence-corrected chi connectivity index (χ0v) is 10.7. The van der Waals surface area contributed by atoms with Crippen molar-refractivity contribution in [3.63, 3.8) is 0 Å². The largest absolute Gasteiger partial charge is 0.383 e. The van der Waals surface area contributed by atoms with Crippen LogP contribution >= 0.6 is 0 Å². The number of hydrogen-bond donors (Lipinski definition) is 2. The van der Waals surface area contributed by atoms with Crippen molar-refractivity contribution < 1.29 is 9.53 Å². The quantitative estimate of drug-likeness (QED) is 0.758. The number of carbonyl (C=O) groups is 1. The van der Waals surface area contributed by atoms with Gasteiger partial charge in [0.1, 0.15) is 0 Å². The maximum atomic E-state index is 12.3. The molecule has 7 heteroatoms.